The molecule has 1 aromatic carbocycles. The first-order valence-electron chi connectivity index (χ1n) is 6.24. The average molecular weight is 251 g/mol. The number of carboxylic acids is 1. The van der Waals surface area contributed by atoms with Gasteiger partial charge in [0.1, 0.15) is 5.82 Å². The van der Waals surface area contributed by atoms with Gasteiger partial charge in [-0.1, -0.05) is 12.8 Å². The van der Waals surface area contributed by atoms with E-state index in [4.69, 9.17) is 10.8 Å². The number of carbonyl (C=O) groups is 1. The van der Waals surface area contributed by atoms with E-state index in [-0.39, 0.29) is 16.5 Å². The molecule has 0 unspecified atom stereocenters. The van der Waals surface area contributed by atoms with Gasteiger partial charge in [-0.05, 0) is 43.0 Å². The number of nitrogens with two attached hydrogens (primary N) is 1. The van der Waals surface area contributed by atoms with E-state index >= 15 is 0 Å². The van der Waals surface area contributed by atoms with E-state index in [0.29, 0.717) is 6.54 Å². The number of hydrogen-bond acceptors (Lipinski definition) is 2. The highest BCUT2D eigenvalue weighted by Crippen LogP contribution is 2.41. The van der Waals surface area contributed by atoms with Crippen LogP contribution in [0.3, 0.4) is 0 Å². The molecule has 2 rings (SSSR count). The molecule has 0 aromatic heterocycles. The molecule has 0 amide bonds. The minimum Gasteiger partial charge on any atom is -0.478 e. The second-order valence-corrected chi connectivity index (χ2v) is 5.13. The van der Waals surface area contributed by atoms with Crippen molar-refractivity contribution in [1.29, 1.82) is 0 Å². The standard InChI is InChI=1S/C14H18FNO2/c1-9-11(13(17)18)6-10(7-12(9)15)14(8-16)4-2-3-5-14/h6-7H,2-5,8,16H2,1H3,(H,17,18). The first kappa shape index (κ1) is 13.0. The SMILES string of the molecule is Cc1c(F)cc(C2(CN)CCCC2)cc1C(=O)O. The van der Waals surface area contributed by atoms with Gasteiger partial charge in [0.05, 0.1) is 5.56 Å². The zero-order valence-electron chi connectivity index (χ0n) is 10.5. The largest absolute Gasteiger partial charge is 0.478 e. The molecule has 3 nitrogen and oxygen atoms in total. The lowest BCUT2D eigenvalue weighted by atomic mass is 9.78. The predicted molar refractivity (Wildman–Crippen MR) is 67.3 cm³/mol. The minimum absolute atomic E-state index is 0.0460. The molecule has 18 heavy (non-hydrogen) atoms. The Labute approximate surface area is 106 Å². The van der Waals surface area contributed by atoms with Crippen molar-refractivity contribution in [2.45, 2.75) is 38.0 Å². The minimum atomic E-state index is -1.08. The van der Waals surface area contributed by atoms with E-state index in [0.717, 1.165) is 31.2 Å². The van der Waals surface area contributed by atoms with E-state index in [1.807, 2.05) is 0 Å². The van der Waals surface area contributed by atoms with Crippen LogP contribution < -0.4 is 5.73 Å². The van der Waals surface area contributed by atoms with Gasteiger partial charge in [0.15, 0.2) is 0 Å². The molecule has 0 bridgehead atoms. The van der Waals surface area contributed by atoms with Crippen LogP contribution in [-0.4, -0.2) is 17.6 Å². The van der Waals surface area contributed by atoms with Crippen molar-refractivity contribution in [2.24, 2.45) is 5.73 Å². The second kappa shape index (κ2) is 4.69. The summed E-state index contributed by atoms with van der Waals surface area (Å²) in [4.78, 5) is 11.1. The molecule has 0 atom stereocenters. The van der Waals surface area contributed by atoms with E-state index in [1.165, 1.54) is 13.0 Å². The van der Waals surface area contributed by atoms with E-state index in [1.54, 1.807) is 6.07 Å². The van der Waals surface area contributed by atoms with Crippen LogP contribution in [0, 0.1) is 12.7 Å². The number of benzene rings is 1. The lowest BCUT2D eigenvalue weighted by molar-refractivity contribution is 0.0695. The lowest BCUT2D eigenvalue weighted by Crippen LogP contribution is -2.32. The van der Waals surface area contributed by atoms with Crippen LogP contribution in [0.15, 0.2) is 12.1 Å². The smallest absolute Gasteiger partial charge is 0.336 e. The molecule has 3 N–H and O–H groups in total. The Bertz CT molecular complexity index is 479. The van der Waals surface area contributed by atoms with Crippen LogP contribution in [0.1, 0.15) is 47.2 Å². The Balaban J connectivity index is 2.54. The van der Waals surface area contributed by atoms with Crippen molar-refractivity contribution in [3.63, 3.8) is 0 Å². The van der Waals surface area contributed by atoms with Crippen LogP contribution in [0.5, 0.6) is 0 Å². The Morgan fingerprint density at radius 3 is 2.56 bits per heavy atom. The van der Waals surface area contributed by atoms with Gasteiger partial charge >= 0.3 is 5.97 Å². The van der Waals surface area contributed by atoms with Crippen molar-refractivity contribution >= 4 is 5.97 Å². The molecular weight excluding hydrogens is 233 g/mol. The Morgan fingerprint density at radius 2 is 2.06 bits per heavy atom. The first-order chi connectivity index (χ1) is 8.50. The summed E-state index contributed by atoms with van der Waals surface area (Å²) < 4.78 is 13.9. The number of carboxylic acid groups (broad SMARTS) is 1. The Morgan fingerprint density at radius 1 is 1.44 bits per heavy atom. The van der Waals surface area contributed by atoms with Gasteiger partial charge in [-0.2, -0.15) is 0 Å². The third kappa shape index (κ3) is 2.01. The van der Waals surface area contributed by atoms with Crippen molar-refractivity contribution in [2.75, 3.05) is 6.54 Å². The van der Waals surface area contributed by atoms with Crippen LogP contribution in [-0.2, 0) is 5.41 Å². The zero-order chi connectivity index (χ0) is 13.3. The van der Waals surface area contributed by atoms with Gasteiger partial charge in [0.2, 0.25) is 0 Å². The normalized spacial score (nSPS) is 17.9. The van der Waals surface area contributed by atoms with Crippen LogP contribution in [0.4, 0.5) is 4.39 Å². The predicted octanol–water partition coefficient (Wildman–Crippen LogP) is 2.60. The third-order valence-corrected chi connectivity index (χ3v) is 4.14. The van der Waals surface area contributed by atoms with Crippen LogP contribution in [0.2, 0.25) is 0 Å². The summed E-state index contributed by atoms with van der Waals surface area (Å²) in [7, 11) is 0. The summed E-state index contributed by atoms with van der Waals surface area (Å²) in [6.07, 6.45) is 3.94. The van der Waals surface area contributed by atoms with Crippen molar-refractivity contribution < 1.29 is 14.3 Å². The zero-order valence-corrected chi connectivity index (χ0v) is 10.5. The molecule has 1 aliphatic rings. The molecule has 0 aliphatic heterocycles. The molecule has 1 saturated carbocycles. The van der Waals surface area contributed by atoms with Gasteiger partial charge in [-0.3, -0.25) is 0 Å². The summed E-state index contributed by atoms with van der Waals surface area (Å²) in [5.41, 5.74) is 6.58. The monoisotopic (exact) mass is 251 g/mol. The fourth-order valence-corrected chi connectivity index (χ4v) is 2.87. The van der Waals surface area contributed by atoms with Crippen LogP contribution in [0.25, 0.3) is 0 Å². The van der Waals surface area contributed by atoms with Gasteiger partial charge in [-0.25, -0.2) is 9.18 Å². The molecule has 4 heteroatoms. The summed E-state index contributed by atoms with van der Waals surface area (Å²) >= 11 is 0. The maximum Gasteiger partial charge on any atom is 0.336 e. The fraction of sp³-hybridized carbons (Fsp3) is 0.500. The maximum atomic E-state index is 13.9. The van der Waals surface area contributed by atoms with E-state index < -0.39 is 11.8 Å². The molecule has 1 aromatic rings. The number of rotatable bonds is 3. The van der Waals surface area contributed by atoms with Gasteiger partial charge in [-0.15, -0.1) is 0 Å². The highest BCUT2D eigenvalue weighted by atomic mass is 19.1. The molecule has 0 spiro atoms. The number of halogens is 1. The number of hydrogen-bond donors (Lipinski definition) is 2. The van der Waals surface area contributed by atoms with Gasteiger partial charge < -0.3 is 10.8 Å². The summed E-state index contributed by atoms with van der Waals surface area (Å²) in [5, 5.41) is 9.12. The second-order valence-electron chi connectivity index (χ2n) is 5.13. The molecule has 1 fully saturated rings. The van der Waals surface area contributed by atoms with Gasteiger partial charge in [0, 0.05) is 12.0 Å². The van der Waals surface area contributed by atoms with Crippen molar-refractivity contribution in [3.8, 4) is 0 Å². The lowest BCUT2D eigenvalue weighted by Gasteiger charge is -2.28. The molecule has 1 aliphatic carbocycles. The van der Waals surface area contributed by atoms with E-state index in [9.17, 15) is 9.18 Å². The highest BCUT2D eigenvalue weighted by Gasteiger charge is 2.35. The fourth-order valence-electron chi connectivity index (χ4n) is 2.87. The van der Waals surface area contributed by atoms with E-state index in [2.05, 4.69) is 0 Å². The molecular formula is C14H18FNO2. The Hall–Kier alpha value is -1.42. The average Bonchev–Trinajstić information content (AvgIpc) is 2.82. The van der Waals surface area contributed by atoms with Gasteiger partial charge in [0.25, 0.3) is 0 Å². The van der Waals surface area contributed by atoms with Crippen LogP contribution >= 0.6 is 0 Å². The molecule has 0 saturated heterocycles. The summed E-state index contributed by atoms with van der Waals surface area (Å²) in [6, 6.07) is 3.05. The molecule has 98 valence electrons. The quantitative estimate of drug-likeness (QED) is 0.868. The summed E-state index contributed by atoms with van der Waals surface area (Å²) in [6.45, 7) is 1.93. The first-order valence-corrected chi connectivity index (χ1v) is 6.24. The highest BCUT2D eigenvalue weighted by molar-refractivity contribution is 5.89. The summed E-state index contributed by atoms with van der Waals surface area (Å²) in [5.74, 6) is -1.54. The topological polar surface area (TPSA) is 63.3 Å². The van der Waals surface area contributed by atoms with Crippen molar-refractivity contribution in [1.82, 2.24) is 0 Å². The number of aromatic carboxylic acids is 1. The third-order valence-electron chi connectivity index (χ3n) is 4.14. The maximum absolute atomic E-state index is 13.9. The Kier molecular flexibility index (Phi) is 3.39. The molecule has 0 radical (unpaired) electrons. The van der Waals surface area contributed by atoms with Crippen molar-refractivity contribution in [3.05, 3.63) is 34.6 Å². The molecule has 0 heterocycles.